The zero-order valence-corrected chi connectivity index (χ0v) is 15.4. The molecule has 26 heavy (non-hydrogen) atoms. The Labute approximate surface area is 156 Å². The van der Waals surface area contributed by atoms with E-state index in [0.29, 0.717) is 10.6 Å². The summed E-state index contributed by atoms with van der Waals surface area (Å²) in [6.07, 6.45) is 0. The molecule has 0 unspecified atom stereocenters. The molecule has 0 fully saturated rings. The van der Waals surface area contributed by atoms with Crippen molar-refractivity contribution in [3.05, 3.63) is 88.1 Å². The van der Waals surface area contributed by atoms with E-state index in [1.54, 1.807) is 11.4 Å². The second-order valence-corrected chi connectivity index (χ2v) is 8.63. The summed E-state index contributed by atoms with van der Waals surface area (Å²) >= 11 is 1.27. The number of anilines is 1. The van der Waals surface area contributed by atoms with Crippen LogP contribution in [0.3, 0.4) is 0 Å². The number of nitrogens with zero attached hydrogens (tertiary/aromatic N) is 2. The predicted molar refractivity (Wildman–Crippen MR) is 102 cm³/mol. The van der Waals surface area contributed by atoms with Crippen molar-refractivity contribution in [2.45, 2.75) is 13.1 Å². The Kier molecular flexibility index (Phi) is 4.26. The molecule has 2 heterocycles. The number of carbonyl (C=O) groups is 1. The molecule has 0 spiro atoms. The smallest absolute Gasteiger partial charge is 0.267 e. The fourth-order valence-electron chi connectivity index (χ4n) is 2.94. The Morgan fingerprint density at radius 1 is 0.769 bits per heavy atom. The van der Waals surface area contributed by atoms with E-state index in [0.717, 1.165) is 15.4 Å². The van der Waals surface area contributed by atoms with Gasteiger partial charge in [0.25, 0.3) is 5.91 Å². The summed E-state index contributed by atoms with van der Waals surface area (Å²) < 4.78 is 28.7. The van der Waals surface area contributed by atoms with E-state index in [1.165, 1.54) is 15.6 Å². The van der Waals surface area contributed by atoms with Gasteiger partial charge in [-0.25, -0.2) is 8.61 Å². The zero-order valence-electron chi connectivity index (χ0n) is 13.8. The minimum absolute atomic E-state index is 0.0185. The maximum Gasteiger partial charge on any atom is 0.329 e. The molecule has 0 aliphatic carbocycles. The highest BCUT2D eigenvalue weighted by molar-refractivity contribution is 7.91. The molecular formula is C19H16N2O3S2. The van der Waals surface area contributed by atoms with Gasteiger partial charge in [-0.15, -0.1) is 11.3 Å². The molecule has 1 amide bonds. The van der Waals surface area contributed by atoms with Crippen LogP contribution >= 0.6 is 11.3 Å². The van der Waals surface area contributed by atoms with Gasteiger partial charge in [0, 0.05) is 0 Å². The highest BCUT2D eigenvalue weighted by atomic mass is 32.2. The van der Waals surface area contributed by atoms with Gasteiger partial charge in [-0.1, -0.05) is 60.7 Å². The van der Waals surface area contributed by atoms with Crippen LogP contribution in [0.2, 0.25) is 0 Å². The van der Waals surface area contributed by atoms with E-state index < -0.39 is 16.1 Å². The van der Waals surface area contributed by atoms with Crippen LogP contribution in [0.1, 0.15) is 20.8 Å². The highest BCUT2D eigenvalue weighted by Gasteiger charge is 2.42. The van der Waals surface area contributed by atoms with Crippen LogP contribution in [0.5, 0.6) is 0 Å². The van der Waals surface area contributed by atoms with E-state index >= 15 is 0 Å². The molecule has 3 aromatic rings. The van der Waals surface area contributed by atoms with Gasteiger partial charge in [0.15, 0.2) is 0 Å². The third-order valence-electron chi connectivity index (χ3n) is 4.23. The average Bonchev–Trinajstić information content (AvgIpc) is 3.14. The first kappa shape index (κ1) is 16.8. The van der Waals surface area contributed by atoms with Crippen LogP contribution in [0.4, 0.5) is 5.69 Å². The van der Waals surface area contributed by atoms with Crippen molar-refractivity contribution in [3.8, 4) is 0 Å². The van der Waals surface area contributed by atoms with Gasteiger partial charge in [0.1, 0.15) is 4.88 Å². The number of fused-ring (bicyclic) bond motifs is 1. The molecule has 0 radical (unpaired) electrons. The number of hydrogen-bond acceptors (Lipinski definition) is 4. The lowest BCUT2D eigenvalue weighted by atomic mass is 10.2. The van der Waals surface area contributed by atoms with E-state index in [-0.39, 0.29) is 13.1 Å². The Bertz CT molecular complexity index is 1030. The number of carbonyl (C=O) groups excluding carboxylic acids is 1. The van der Waals surface area contributed by atoms with Crippen molar-refractivity contribution in [2.75, 3.05) is 4.31 Å². The summed E-state index contributed by atoms with van der Waals surface area (Å²) in [6.45, 7) is 0.204. The van der Waals surface area contributed by atoms with Crippen LogP contribution in [0.15, 0.2) is 72.1 Å². The van der Waals surface area contributed by atoms with Crippen LogP contribution < -0.4 is 4.31 Å². The van der Waals surface area contributed by atoms with Crippen molar-refractivity contribution in [1.29, 1.82) is 0 Å². The molecule has 0 bridgehead atoms. The van der Waals surface area contributed by atoms with Gasteiger partial charge in [-0.3, -0.25) is 4.79 Å². The lowest BCUT2D eigenvalue weighted by Crippen LogP contribution is -2.50. The third kappa shape index (κ3) is 2.89. The van der Waals surface area contributed by atoms with Gasteiger partial charge in [0.05, 0.1) is 18.8 Å². The fraction of sp³-hybridized carbons (Fsp3) is 0.105. The standard InChI is InChI=1S/C19H16N2O3S2/c22-19-18-17(11-12-25-18)20(13-15-7-3-1-4-8-15)26(23,24)21(19)14-16-9-5-2-6-10-16/h1-12H,13-14H2. The first-order valence-electron chi connectivity index (χ1n) is 8.07. The maximum absolute atomic E-state index is 13.2. The fourth-order valence-corrected chi connectivity index (χ4v) is 5.46. The monoisotopic (exact) mass is 384 g/mol. The summed E-state index contributed by atoms with van der Waals surface area (Å²) in [5, 5.41) is 1.75. The molecule has 1 aromatic heterocycles. The third-order valence-corrected chi connectivity index (χ3v) is 6.86. The quantitative estimate of drug-likeness (QED) is 0.690. The second kappa shape index (κ2) is 6.59. The van der Waals surface area contributed by atoms with Gasteiger partial charge in [-0.2, -0.15) is 8.42 Å². The van der Waals surface area contributed by atoms with Crippen molar-refractivity contribution >= 4 is 33.1 Å². The molecule has 1 aliphatic heterocycles. The lowest BCUT2D eigenvalue weighted by molar-refractivity contribution is 0.0855. The van der Waals surface area contributed by atoms with E-state index in [1.807, 2.05) is 60.7 Å². The van der Waals surface area contributed by atoms with Gasteiger partial charge in [0.2, 0.25) is 0 Å². The first-order chi connectivity index (χ1) is 12.6. The highest BCUT2D eigenvalue weighted by Crippen LogP contribution is 2.37. The molecular weight excluding hydrogens is 368 g/mol. The lowest BCUT2D eigenvalue weighted by Gasteiger charge is -2.35. The number of rotatable bonds is 4. The van der Waals surface area contributed by atoms with Crippen LogP contribution in [0.25, 0.3) is 0 Å². The molecule has 0 N–H and O–H groups in total. The SMILES string of the molecule is O=C1c2sccc2N(Cc2ccccc2)S(=O)(=O)N1Cc1ccccc1. The van der Waals surface area contributed by atoms with E-state index in [4.69, 9.17) is 0 Å². The summed E-state index contributed by atoms with van der Waals surface area (Å²) in [5.74, 6) is -0.469. The van der Waals surface area contributed by atoms with E-state index in [9.17, 15) is 13.2 Å². The number of benzene rings is 2. The minimum Gasteiger partial charge on any atom is -0.267 e. The largest absolute Gasteiger partial charge is 0.329 e. The zero-order chi connectivity index (χ0) is 18.1. The Balaban J connectivity index is 1.76. The Morgan fingerprint density at radius 3 is 1.88 bits per heavy atom. The van der Waals surface area contributed by atoms with Crippen LogP contribution in [-0.2, 0) is 23.3 Å². The Morgan fingerprint density at radius 2 is 1.31 bits per heavy atom. The average molecular weight is 384 g/mol. The summed E-state index contributed by atoms with van der Waals surface area (Å²) in [4.78, 5) is 13.3. The molecule has 0 saturated carbocycles. The van der Waals surface area contributed by atoms with Crippen LogP contribution in [-0.4, -0.2) is 18.6 Å². The number of thiophene rings is 1. The van der Waals surface area contributed by atoms with Crippen molar-refractivity contribution < 1.29 is 13.2 Å². The molecule has 7 heteroatoms. The van der Waals surface area contributed by atoms with Gasteiger partial charge in [-0.05, 0) is 22.6 Å². The van der Waals surface area contributed by atoms with Crippen molar-refractivity contribution in [3.63, 3.8) is 0 Å². The Hall–Kier alpha value is -2.64. The maximum atomic E-state index is 13.2. The molecule has 2 aromatic carbocycles. The first-order valence-corrected chi connectivity index (χ1v) is 10.3. The van der Waals surface area contributed by atoms with Crippen molar-refractivity contribution in [2.24, 2.45) is 0 Å². The molecule has 4 rings (SSSR count). The van der Waals surface area contributed by atoms with E-state index in [2.05, 4.69) is 0 Å². The van der Waals surface area contributed by atoms with Crippen LogP contribution in [0, 0.1) is 0 Å². The number of hydrogen-bond donors (Lipinski definition) is 0. The summed E-state index contributed by atoms with van der Waals surface area (Å²) in [7, 11) is -3.97. The topological polar surface area (TPSA) is 57.7 Å². The minimum atomic E-state index is -3.97. The summed E-state index contributed by atoms with van der Waals surface area (Å²) in [6, 6.07) is 20.2. The molecule has 132 valence electrons. The van der Waals surface area contributed by atoms with Gasteiger partial charge < -0.3 is 0 Å². The second-order valence-electron chi connectivity index (χ2n) is 5.93. The van der Waals surface area contributed by atoms with Crippen molar-refractivity contribution in [1.82, 2.24) is 4.31 Å². The molecule has 0 atom stereocenters. The normalized spacial score (nSPS) is 15.8. The number of amides is 1. The van der Waals surface area contributed by atoms with Gasteiger partial charge >= 0.3 is 10.2 Å². The summed E-state index contributed by atoms with van der Waals surface area (Å²) in [5.41, 5.74) is 2.08. The molecule has 0 saturated heterocycles. The molecule has 1 aliphatic rings. The molecule has 5 nitrogen and oxygen atoms in total. The predicted octanol–water partition coefficient (Wildman–Crippen LogP) is 3.66.